The van der Waals surface area contributed by atoms with E-state index in [4.69, 9.17) is 4.74 Å². The van der Waals surface area contributed by atoms with Gasteiger partial charge in [0.2, 0.25) is 5.91 Å². The first-order chi connectivity index (χ1) is 13.1. The molecule has 156 valence electrons. The van der Waals surface area contributed by atoms with Crippen LogP contribution in [0.4, 0.5) is 5.69 Å². The zero-order valence-electron chi connectivity index (χ0n) is 17.3. The first-order valence-corrected chi connectivity index (χ1v) is 11.9. The number of nitrogens with zero attached hydrogens (tertiary/aromatic N) is 2. The van der Waals surface area contributed by atoms with Gasteiger partial charge in [-0.15, -0.1) is 0 Å². The zero-order valence-corrected chi connectivity index (χ0v) is 18.2. The number of ether oxygens (including phenoxy) is 1. The highest BCUT2D eigenvalue weighted by Crippen LogP contribution is 2.43. The molecule has 1 aromatic carbocycles. The number of sulfone groups is 1. The standard InChI is InChI=1S/C21H32N2O4S/c1-5-27-18-9-7-17(8-10-18)23-13-16-11-21(3,4)19(23)14-22(12-16)20(24)15-28(25,26)6-2/h7-10,16,19H,5-6,11-15H2,1-4H3/t16-,19-/m1/s1. The summed E-state index contributed by atoms with van der Waals surface area (Å²) in [6.07, 6.45) is 1.04. The maximum absolute atomic E-state index is 12.7. The summed E-state index contributed by atoms with van der Waals surface area (Å²) in [5, 5.41) is 0. The topological polar surface area (TPSA) is 66.9 Å². The number of piperidine rings is 1. The van der Waals surface area contributed by atoms with Crippen LogP contribution in [0, 0.1) is 11.3 Å². The fraction of sp³-hybridized carbons (Fsp3) is 0.667. The summed E-state index contributed by atoms with van der Waals surface area (Å²) in [5.74, 6) is 0.541. The molecular weight excluding hydrogens is 376 g/mol. The van der Waals surface area contributed by atoms with Crippen LogP contribution in [0.25, 0.3) is 0 Å². The van der Waals surface area contributed by atoms with E-state index in [2.05, 4.69) is 30.9 Å². The molecule has 0 radical (unpaired) electrons. The van der Waals surface area contributed by atoms with Gasteiger partial charge in [-0.2, -0.15) is 0 Å². The Bertz CT molecular complexity index is 804. The van der Waals surface area contributed by atoms with Crippen molar-refractivity contribution in [3.05, 3.63) is 24.3 Å². The Morgan fingerprint density at radius 3 is 2.43 bits per heavy atom. The van der Waals surface area contributed by atoms with Crippen molar-refractivity contribution in [2.45, 2.75) is 40.2 Å². The van der Waals surface area contributed by atoms with E-state index in [1.54, 1.807) is 11.8 Å². The fourth-order valence-corrected chi connectivity index (χ4v) is 5.37. The second-order valence-electron chi connectivity index (χ2n) is 8.63. The van der Waals surface area contributed by atoms with Crippen LogP contribution in [0.1, 0.15) is 34.1 Å². The summed E-state index contributed by atoms with van der Waals surface area (Å²) >= 11 is 0. The van der Waals surface area contributed by atoms with Crippen molar-refractivity contribution in [2.75, 3.05) is 42.6 Å². The smallest absolute Gasteiger partial charge is 0.237 e. The summed E-state index contributed by atoms with van der Waals surface area (Å²) in [5.41, 5.74) is 1.17. The van der Waals surface area contributed by atoms with Crippen LogP contribution in [0.3, 0.4) is 0 Å². The average molecular weight is 409 g/mol. The Morgan fingerprint density at radius 1 is 1.14 bits per heavy atom. The van der Waals surface area contributed by atoms with E-state index >= 15 is 0 Å². The average Bonchev–Trinajstić information content (AvgIpc) is 2.89. The summed E-state index contributed by atoms with van der Waals surface area (Å²) in [7, 11) is -3.32. The number of carbonyl (C=O) groups is 1. The summed E-state index contributed by atoms with van der Waals surface area (Å²) in [6.45, 7) is 10.8. The van der Waals surface area contributed by atoms with Gasteiger partial charge in [-0.25, -0.2) is 8.42 Å². The van der Waals surface area contributed by atoms with Gasteiger partial charge in [0.15, 0.2) is 9.84 Å². The Kier molecular flexibility index (Phi) is 5.94. The van der Waals surface area contributed by atoms with E-state index in [9.17, 15) is 13.2 Å². The number of hydrogen-bond acceptors (Lipinski definition) is 5. The molecule has 0 aromatic heterocycles. The molecule has 3 saturated heterocycles. The monoisotopic (exact) mass is 408 g/mol. The van der Waals surface area contributed by atoms with Gasteiger partial charge in [-0.3, -0.25) is 4.79 Å². The Labute approximate surface area is 168 Å². The van der Waals surface area contributed by atoms with Gasteiger partial charge < -0.3 is 14.5 Å². The number of rotatable bonds is 6. The van der Waals surface area contributed by atoms with Crippen molar-refractivity contribution in [3.8, 4) is 5.75 Å². The molecule has 3 aliphatic rings. The molecule has 0 aliphatic carbocycles. The number of amides is 1. The molecule has 28 heavy (non-hydrogen) atoms. The Hall–Kier alpha value is -1.76. The van der Waals surface area contributed by atoms with Crippen molar-refractivity contribution >= 4 is 21.4 Å². The predicted octanol–water partition coefficient (Wildman–Crippen LogP) is 2.58. The maximum Gasteiger partial charge on any atom is 0.237 e. The van der Waals surface area contributed by atoms with E-state index in [0.717, 1.165) is 24.4 Å². The molecule has 0 unspecified atom stereocenters. The molecule has 3 fully saturated rings. The number of carbonyl (C=O) groups excluding carboxylic acids is 1. The molecule has 6 nitrogen and oxygen atoms in total. The van der Waals surface area contributed by atoms with Gasteiger partial charge >= 0.3 is 0 Å². The lowest BCUT2D eigenvalue weighted by atomic mass is 9.73. The quantitative estimate of drug-likeness (QED) is 0.724. The zero-order chi connectivity index (χ0) is 20.5. The minimum Gasteiger partial charge on any atom is -0.494 e. The van der Waals surface area contributed by atoms with Gasteiger partial charge in [-0.1, -0.05) is 20.8 Å². The molecule has 3 heterocycles. The lowest BCUT2D eigenvalue weighted by Crippen LogP contribution is -2.54. The molecule has 2 bridgehead atoms. The molecule has 7 heteroatoms. The summed E-state index contributed by atoms with van der Waals surface area (Å²) in [4.78, 5) is 16.9. The van der Waals surface area contributed by atoms with Crippen LogP contribution >= 0.6 is 0 Å². The van der Waals surface area contributed by atoms with Crippen molar-refractivity contribution in [2.24, 2.45) is 11.3 Å². The van der Waals surface area contributed by atoms with E-state index in [-0.39, 0.29) is 28.9 Å². The molecule has 1 aromatic rings. The molecule has 0 spiro atoms. The van der Waals surface area contributed by atoms with Crippen LogP contribution < -0.4 is 9.64 Å². The van der Waals surface area contributed by atoms with E-state index < -0.39 is 9.84 Å². The van der Waals surface area contributed by atoms with Gasteiger partial charge in [0, 0.05) is 31.1 Å². The third-order valence-electron chi connectivity index (χ3n) is 6.04. The van der Waals surface area contributed by atoms with Crippen molar-refractivity contribution in [1.29, 1.82) is 0 Å². The highest BCUT2D eigenvalue weighted by Gasteiger charge is 2.46. The third-order valence-corrected chi connectivity index (χ3v) is 7.60. The fourth-order valence-electron chi connectivity index (χ4n) is 4.61. The Balaban J connectivity index is 1.83. The minimum absolute atomic E-state index is 0.00321. The van der Waals surface area contributed by atoms with E-state index in [0.29, 0.717) is 25.6 Å². The SMILES string of the molecule is CCOc1ccc(N2C[C@H]3CN(C(=O)CS(=O)(=O)CC)C[C@@H]2C(C)(C)C3)cc1. The lowest BCUT2D eigenvalue weighted by Gasteiger charge is -2.48. The van der Waals surface area contributed by atoms with Crippen molar-refractivity contribution in [1.82, 2.24) is 4.90 Å². The van der Waals surface area contributed by atoms with Crippen molar-refractivity contribution < 1.29 is 17.9 Å². The van der Waals surface area contributed by atoms with Gasteiger partial charge in [0.1, 0.15) is 11.5 Å². The first-order valence-electron chi connectivity index (χ1n) is 10.1. The van der Waals surface area contributed by atoms with Gasteiger partial charge in [-0.05, 0) is 48.9 Å². The number of fused-ring (bicyclic) bond motifs is 4. The molecule has 3 aliphatic heterocycles. The minimum atomic E-state index is -3.32. The third kappa shape index (κ3) is 4.45. The number of hydrogen-bond donors (Lipinski definition) is 0. The van der Waals surface area contributed by atoms with Crippen LogP contribution in [0.15, 0.2) is 24.3 Å². The van der Waals surface area contributed by atoms with Crippen LogP contribution in [0.5, 0.6) is 5.75 Å². The first kappa shape index (κ1) is 21.0. The number of benzene rings is 1. The molecule has 1 amide bonds. The van der Waals surface area contributed by atoms with Crippen LogP contribution in [0.2, 0.25) is 0 Å². The Morgan fingerprint density at radius 2 is 1.82 bits per heavy atom. The second kappa shape index (κ2) is 7.93. The van der Waals surface area contributed by atoms with Gasteiger partial charge in [0.05, 0.1) is 12.6 Å². The molecule has 4 rings (SSSR count). The molecule has 2 atom stereocenters. The molecule has 0 N–H and O–H groups in total. The van der Waals surface area contributed by atoms with E-state index in [1.165, 1.54) is 0 Å². The summed E-state index contributed by atoms with van der Waals surface area (Å²) in [6, 6.07) is 8.28. The molecular formula is C21H32N2O4S. The van der Waals surface area contributed by atoms with Crippen molar-refractivity contribution in [3.63, 3.8) is 0 Å². The molecule has 0 saturated carbocycles. The summed E-state index contributed by atoms with van der Waals surface area (Å²) < 4.78 is 29.4. The normalized spacial score (nSPS) is 24.1. The number of anilines is 1. The largest absolute Gasteiger partial charge is 0.494 e. The second-order valence-corrected chi connectivity index (χ2v) is 11.0. The van der Waals surface area contributed by atoms with E-state index in [1.807, 2.05) is 19.1 Å². The van der Waals surface area contributed by atoms with Crippen LogP contribution in [-0.2, 0) is 14.6 Å². The maximum atomic E-state index is 12.7. The predicted molar refractivity (Wildman–Crippen MR) is 112 cm³/mol. The van der Waals surface area contributed by atoms with Gasteiger partial charge in [0.25, 0.3) is 0 Å². The highest BCUT2D eigenvalue weighted by atomic mass is 32.2. The highest BCUT2D eigenvalue weighted by molar-refractivity contribution is 7.92. The lowest BCUT2D eigenvalue weighted by molar-refractivity contribution is -0.128. The van der Waals surface area contributed by atoms with Crippen LogP contribution in [-0.4, -0.2) is 63.0 Å².